The summed E-state index contributed by atoms with van der Waals surface area (Å²) in [6, 6.07) is 8.22. The van der Waals surface area contributed by atoms with E-state index in [2.05, 4.69) is 0 Å². The van der Waals surface area contributed by atoms with Gasteiger partial charge in [0, 0.05) is 6.42 Å². The van der Waals surface area contributed by atoms with Gasteiger partial charge >= 0.3 is 12.0 Å². The zero-order chi connectivity index (χ0) is 15.7. The van der Waals surface area contributed by atoms with Gasteiger partial charge in [0.1, 0.15) is 5.75 Å². The molecule has 0 aliphatic heterocycles. The van der Waals surface area contributed by atoms with Crippen LogP contribution in [0.4, 0.5) is 4.79 Å². The summed E-state index contributed by atoms with van der Waals surface area (Å²) >= 11 is 0. The number of benzene rings is 1. The number of hydrogen-bond acceptors (Lipinski definition) is 5. The third-order valence-corrected chi connectivity index (χ3v) is 2.46. The lowest BCUT2D eigenvalue weighted by molar-refractivity contribution is -0.154. The fraction of sp³-hybridized carbons (Fsp3) is 0.357. The summed E-state index contributed by atoms with van der Waals surface area (Å²) in [5.41, 5.74) is 4.79. The first-order valence-electron chi connectivity index (χ1n) is 6.46. The fourth-order valence-corrected chi connectivity index (χ4v) is 1.46. The summed E-state index contributed by atoms with van der Waals surface area (Å²) in [5.74, 6) is -0.574. The van der Waals surface area contributed by atoms with Crippen molar-refractivity contribution in [1.82, 2.24) is 5.32 Å². The Morgan fingerprint density at radius 1 is 1.24 bits per heavy atom. The number of hydrogen-bond donors (Lipinski definition) is 2. The molecule has 0 saturated heterocycles. The van der Waals surface area contributed by atoms with Gasteiger partial charge in [-0.15, -0.1) is 0 Å². The predicted molar refractivity (Wildman–Crippen MR) is 74.5 cm³/mol. The molecule has 0 aliphatic rings. The Labute approximate surface area is 122 Å². The number of carbonyl (C=O) groups excluding carboxylic acids is 3. The van der Waals surface area contributed by atoms with Crippen LogP contribution in [-0.4, -0.2) is 30.6 Å². The number of nitrogens with two attached hydrogens (primary N) is 1. The van der Waals surface area contributed by atoms with Gasteiger partial charge in [0.05, 0.1) is 6.61 Å². The quantitative estimate of drug-likeness (QED) is 0.575. The lowest BCUT2D eigenvalue weighted by atomic mass is 10.3. The molecule has 0 fully saturated rings. The number of carbonyl (C=O) groups is 3. The van der Waals surface area contributed by atoms with Crippen LogP contribution >= 0.6 is 0 Å². The van der Waals surface area contributed by atoms with E-state index in [-0.39, 0.29) is 6.42 Å². The summed E-state index contributed by atoms with van der Waals surface area (Å²) < 4.78 is 10.3. The first-order chi connectivity index (χ1) is 9.99. The average molecular weight is 294 g/mol. The number of rotatable bonds is 7. The molecule has 0 radical (unpaired) electrons. The maximum atomic E-state index is 11.5. The van der Waals surface area contributed by atoms with Crippen molar-refractivity contribution in [3.8, 4) is 5.75 Å². The lowest BCUT2D eigenvalue weighted by Gasteiger charge is -2.12. The maximum Gasteiger partial charge on any atom is 0.318 e. The van der Waals surface area contributed by atoms with Gasteiger partial charge in [-0.05, 0) is 25.5 Å². The number of amides is 3. The van der Waals surface area contributed by atoms with Gasteiger partial charge in [-0.2, -0.15) is 0 Å². The second-order valence-corrected chi connectivity index (χ2v) is 4.25. The van der Waals surface area contributed by atoms with E-state index in [9.17, 15) is 14.4 Å². The van der Waals surface area contributed by atoms with Gasteiger partial charge < -0.3 is 15.2 Å². The number of urea groups is 1. The third kappa shape index (κ3) is 6.95. The summed E-state index contributed by atoms with van der Waals surface area (Å²) in [5, 5.41) is 1.83. The van der Waals surface area contributed by atoms with Crippen molar-refractivity contribution in [2.24, 2.45) is 5.73 Å². The van der Waals surface area contributed by atoms with Crippen LogP contribution in [-0.2, 0) is 14.3 Å². The van der Waals surface area contributed by atoms with Crippen LogP contribution in [0, 0.1) is 0 Å². The Balaban J connectivity index is 2.19. The molecule has 7 nitrogen and oxygen atoms in total. The zero-order valence-corrected chi connectivity index (χ0v) is 11.7. The topological polar surface area (TPSA) is 108 Å². The Kier molecular flexibility index (Phi) is 6.73. The molecule has 0 aromatic heterocycles. The van der Waals surface area contributed by atoms with Crippen LogP contribution in [0.3, 0.4) is 0 Å². The largest absolute Gasteiger partial charge is 0.494 e. The monoisotopic (exact) mass is 294 g/mol. The molecule has 0 unspecified atom stereocenters. The van der Waals surface area contributed by atoms with Crippen molar-refractivity contribution < 1.29 is 23.9 Å². The molecule has 3 amide bonds. The molecule has 1 aromatic rings. The van der Waals surface area contributed by atoms with E-state index < -0.39 is 24.0 Å². The van der Waals surface area contributed by atoms with Gasteiger partial charge in [0.2, 0.25) is 0 Å². The number of primary amides is 1. The van der Waals surface area contributed by atoms with Crippen LogP contribution in [0.2, 0.25) is 0 Å². The average Bonchev–Trinajstić information content (AvgIpc) is 2.44. The minimum atomic E-state index is -1.07. The molecule has 3 N–H and O–H groups in total. The normalized spacial score (nSPS) is 11.3. The van der Waals surface area contributed by atoms with Gasteiger partial charge in [0.15, 0.2) is 6.10 Å². The van der Waals surface area contributed by atoms with E-state index in [0.29, 0.717) is 13.0 Å². The molecule has 114 valence electrons. The van der Waals surface area contributed by atoms with E-state index in [4.69, 9.17) is 15.2 Å². The zero-order valence-electron chi connectivity index (χ0n) is 11.7. The number of nitrogens with one attached hydrogen (secondary N) is 1. The summed E-state index contributed by atoms with van der Waals surface area (Å²) in [6.45, 7) is 1.72. The molecular formula is C14H18N2O5. The molecule has 0 bridgehead atoms. The van der Waals surface area contributed by atoms with Crippen molar-refractivity contribution in [3.63, 3.8) is 0 Å². The minimum absolute atomic E-state index is 0.112. The summed E-state index contributed by atoms with van der Waals surface area (Å²) in [4.78, 5) is 33.2. The SMILES string of the molecule is C[C@H](OC(=O)CCCOc1ccccc1)C(=O)NC(N)=O. The van der Waals surface area contributed by atoms with Crippen molar-refractivity contribution in [1.29, 1.82) is 0 Å². The third-order valence-electron chi connectivity index (χ3n) is 2.46. The van der Waals surface area contributed by atoms with Crippen molar-refractivity contribution in [3.05, 3.63) is 30.3 Å². The van der Waals surface area contributed by atoms with Crippen LogP contribution in [0.15, 0.2) is 30.3 Å². The molecular weight excluding hydrogens is 276 g/mol. The highest BCUT2D eigenvalue weighted by Gasteiger charge is 2.18. The van der Waals surface area contributed by atoms with Crippen molar-refractivity contribution >= 4 is 17.9 Å². The van der Waals surface area contributed by atoms with Gasteiger partial charge in [-0.1, -0.05) is 18.2 Å². The highest BCUT2D eigenvalue weighted by molar-refractivity contribution is 5.96. The first-order valence-corrected chi connectivity index (χ1v) is 6.46. The van der Waals surface area contributed by atoms with Crippen LogP contribution < -0.4 is 15.8 Å². The van der Waals surface area contributed by atoms with Gasteiger partial charge in [-0.3, -0.25) is 14.9 Å². The molecule has 0 aliphatic carbocycles. The fourth-order valence-electron chi connectivity index (χ4n) is 1.46. The predicted octanol–water partition coefficient (Wildman–Crippen LogP) is 0.972. The Bertz CT molecular complexity index is 489. The van der Waals surface area contributed by atoms with Gasteiger partial charge in [0.25, 0.3) is 5.91 Å². The smallest absolute Gasteiger partial charge is 0.318 e. The second kappa shape index (κ2) is 8.57. The minimum Gasteiger partial charge on any atom is -0.494 e. The molecule has 21 heavy (non-hydrogen) atoms. The van der Waals surface area contributed by atoms with Crippen LogP contribution in [0.25, 0.3) is 0 Å². The number of esters is 1. The van der Waals surface area contributed by atoms with E-state index in [1.165, 1.54) is 6.92 Å². The molecule has 1 atom stereocenters. The molecule has 0 spiro atoms. The van der Waals surface area contributed by atoms with Crippen molar-refractivity contribution in [2.45, 2.75) is 25.9 Å². The molecule has 0 saturated carbocycles. The van der Waals surface area contributed by atoms with Gasteiger partial charge in [-0.25, -0.2) is 4.79 Å². The number of ether oxygens (including phenoxy) is 2. The second-order valence-electron chi connectivity index (χ2n) is 4.25. The molecule has 1 aromatic carbocycles. The molecule has 0 heterocycles. The van der Waals surface area contributed by atoms with Crippen LogP contribution in [0.5, 0.6) is 5.75 Å². The summed E-state index contributed by atoms with van der Waals surface area (Å²) in [7, 11) is 0. The van der Waals surface area contributed by atoms with E-state index in [1.807, 2.05) is 35.6 Å². The first kappa shape index (κ1) is 16.5. The molecule has 7 heteroatoms. The Morgan fingerprint density at radius 2 is 1.90 bits per heavy atom. The summed E-state index contributed by atoms with van der Waals surface area (Å²) in [6.07, 6.45) is -0.501. The number of imide groups is 1. The van der Waals surface area contributed by atoms with E-state index in [1.54, 1.807) is 0 Å². The maximum absolute atomic E-state index is 11.5. The van der Waals surface area contributed by atoms with Crippen LogP contribution in [0.1, 0.15) is 19.8 Å². The van der Waals surface area contributed by atoms with E-state index >= 15 is 0 Å². The van der Waals surface area contributed by atoms with Crippen molar-refractivity contribution in [2.75, 3.05) is 6.61 Å². The Hall–Kier alpha value is -2.57. The lowest BCUT2D eigenvalue weighted by Crippen LogP contribution is -2.42. The molecule has 1 rings (SSSR count). The van der Waals surface area contributed by atoms with E-state index in [0.717, 1.165) is 5.75 Å². The standard InChI is InChI=1S/C14H18N2O5/c1-10(13(18)16-14(15)19)21-12(17)8-5-9-20-11-6-3-2-4-7-11/h2-4,6-7,10H,5,8-9H2,1H3,(H3,15,16,18,19)/t10-/m0/s1. The highest BCUT2D eigenvalue weighted by Crippen LogP contribution is 2.09. The highest BCUT2D eigenvalue weighted by atomic mass is 16.5. The number of para-hydroxylation sites is 1. The Morgan fingerprint density at radius 3 is 2.52 bits per heavy atom.